The Balaban J connectivity index is 1.54. The minimum Gasteiger partial charge on any atom is -0.352 e. The number of amides is 2. The highest BCUT2D eigenvalue weighted by Gasteiger charge is 2.24. The Bertz CT molecular complexity index is 739. The van der Waals surface area contributed by atoms with Gasteiger partial charge < -0.3 is 16.4 Å². The summed E-state index contributed by atoms with van der Waals surface area (Å²) in [4.78, 5) is 24.2. The lowest BCUT2D eigenvalue weighted by atomic mass is 9.95. The summed E-state index contributed by atoms with van der Waals surface area (Å²) in [5, 5.41) is 9.81. The smallest absolute Gasteiger partial charge is 0.241 e. The quantitative estimate of drug-likeness (QED) is 0.709. The van der Waals surface area contributed by atoms with Crippen molar-refractivity contribution in [1.82, 2.24) is 15.1 Å². The Morgan fingerprint density at radius 3 is 2.72 bits per heavy atom. The lowest BCUT2D eigenvalue weighted by Crippen LogP contribution is -2.30. The highest BCUT2D eigenvalue weighted by Crippen LogP contribution is 2.21. The molecule has 1 aromatic heterocycles. The van der Waals surface area contributed by atoms with Crippen LogP contribution in [0.2, 0.25) is 0 Å². The maximum absolute atomic E-state index is 12.4. The van der Waals surface area contributed by atoms with E-state index in [1.54, 1.807) is 13.1 Å². The average Bonchev–Trinajstić information content (AvgIpc) is 3.32. The molecule has 2 amide bonds. The zero-order chi connectivity index (χ0) is 17.8. The van der Waals surface area contributed by atoms with Gasteiger partial charge in [-0.05, 0) is 18.4 Å². The molecule has 0 aliphatic heterocycles. The number of carbonyl (C=O) groups excluding carboxylic acids is 2. The van der Waals surface area contributed by atoms with E-state index < -0.39 is 5.92 Å². The third-order valence-corrected chi connectivity index (χ3v) is 4.29. The average molecular weight is 341 g/mol. The van der Waals surface area contributed by atoms with Crippen molar-refractivity contribution in [3.05, 3.63) is 48.3 Å². The summed E-state index contributed by atoms with van der Waals surface area (Å²) in [5.41, 5.74) is 7.65. The van der Waals surface area contributed by atoms with Crippen LogP contribution in [0.3, 0.4) is 0 Å². The van der Waals surface area contributed by atoms with E-state index in [1.165, 1.54) is 10.9 Å². The number of nitrogens with zero attached hydrogens (tertiary/aromatic N) is 2. The van der Waals surface area contributed by atoms with Gasteiger partial charge in [0.1, 0.15) is 6.54 Å². The third-order valence-electron chi connectivity index (χ3n) is 4.29. The molecule has 1 heterocycles. The second kappa shape index (κ2) is 7.48. The molecular formula is C18H23N5O2. The minimum absolute atomic E-state index is 0.0667. The summed E-state index contributed by atoms with van der Waals surface area (Å²) in [5.74, 6) is -0.648. The molecule has 7 nitrogen and oxygen atoms in total. The monoisotopic (exact) mass is 341 g/mol. The molecule has 0 spiro atoms. The molecule has 25 heavy (non-hydrogen) atoms. The van der Waals surface area contributed by atoms with Gasteiger partial charge in [0.2, 0.25) is 11.8 Å². The van der Waals surface area contributed by atoms with Crippen LogP contribution in [0.25, 0.3) is 0 Å². The Labute approximate surface area is 146 Å². The van der Waals surface area contributed by atoms with E-state index in [1.807, 2.05) is 30.3 Å². The predicted octanol–water partition coefficient (Wildman–Crippen LogP) is 1.44. The minimum atomic E-state index is -0.399. The van der Waals surface area contributed by atoms with Crippen LogP contribution in [0.5, 0.6) is 0 Å². The molecule has 2 atom stereocenters. The molecule has 1 aromatic carbocycles. The van der Waals surface area contributed by atoms with Crippen molar-refractivity contribution >= 4 is 17.5 Å². The van der Waals surface area contributed by atoms with Crippen LogP contribution in [0.4, 0.5) is 5.69 Å². The molecule has 132 valence electrons. The maximum Gasteiger partial charge on any atom is 0.241 e. The van der Waals surface area contributed by atoms with Crippen molar-refractivity contribution < 1.29 is 9.59 Å². The van der Waals surface area contributed by atoms with Crippen LogP contribution in [0.15, 0.2) is 42.7 Å². The molecule has 2 aromatic rings. The molecule has 2 unspecified atom stereocenters. The first-order chi connectivity index (χ1) is 12.0. The van der Waals surface area contributed by atoms with E-state index in [-0.39, 0.29) is 24.4 Å². The molecule has 4 N–H and O–H groups in total. The molecule has 0 radical (unpaired) electrons. The van der Waals surface area contributed by atoms with Crippen LogP contribution < -0.4 is 16.4 Å². The number of anilines is 1. The van der Waals surface area contributed by atoms with Gasteiger partial charge in [-0.2, -0.15) is 5.10 Å². The summed E-state index contributed by atoms with van der Waals surface area (Å²) in [6.07, 6.45) is 5.27. The summed E-state index contributed by atoms with van der Waals surface area (Å²) in [6, 6.07) is 9.46. The van der Waals surface area contributed by atoms with Crippen LogP contribution in [-0.2, 0) is 16.1 Å². The maximum atomic E-state index is 12.4. The van der Waals surface area contributed by atoms with E-state index >= 15 is 0 Å². The van der Waals surface area contributed by atoms with Gasteiger partial charge >= 0.3 is 0 Å². The standard InChI is InChI=1S/C18H23N5O2/c1-12(17(19)13-5-3-2-4-6-13)18(25)22-15-9-20-23(10-15)11-16(24)21-14-7-8-14/h2-6,9-10,12,14,17H,7-8,11,19H2,1H3,(H,21,24)(H,22,25). The summed E-state index contributed by atoms with van der Waals surface area (Å²) in [7, 11) is 0. The van der Waals surface area contributed by atoms with Gasteiger partial charge in [-0.1, -0.05) is 37.3 Å². The number of benzene rings is 1. The molecule has 3 rings (SSSR count). The second-order valence-corrected chi connectivity index (χ2v) is 6.48. The fourth-order valence-corrected chi connectivity index (χ4v) is 2.55. The normalized spacial score (nSPS) is 16.1. The van der Waals surface area contributed by atoms with Crippen molar-refractivity contribution in [2.24, 2.45) is 11.7 Å². The van der Waals surface area contributed by atoms with Crippen molar-refractivity contribution in [1.29, 1.82) is 0 Å². The first-order valence-corrected chi connectivity index (χ1v) is 8.46. The SMILES string of the molecule is CC(C(=O)Nc1cnn(CC(=O)NC2CC2)c1)C(N)c1ccccc1. The van der Waals surface area contributed by atoms with Gasteiger partial charge in [0.25, 0.3) is 0 Å². The fourth-order valence-electron chi connectivity index (χ4n) is 2.55. The van der Waals surface area contributed by atoms with Crippen molar-refractivity contribution in [2.45, 2.75) is 38.4 Å². The van der Waals surface area contributed by atoms with E-state index in [0.29, 0.717) is 11.7 Å². The van der Waals surface area contributed by atoms with Crippen LogP contribution in [-0.4, -0.2) is 27.6 Å². The number of rotatable bonds is 7. The van der Waals surface area contributed by atoms with Gasteiger partial charge in [0, 0.05) is 18.3 Å². The van der Waals surface area contributed by atoms with Gasteiger partial charge in [-0.25, -0.2) is 0 Å². The molecule has 1 aliphatic carbocycles. The summed E-state index contributed by atoms with van der Waals surface area (Å²) >= 11 is 0. The second-order valence-electron chi connectivity index (χ2n) is 6.48. The lowest BCUT2D eigenvalue weighted by molar-refractivity contribution is -0.122. The van der Waals surface area contributed by atoms with E-state index in [0.717, 1.165) is 18.4 Å². The molecule has 1 aliphatic rings. The summed E-state index contributed by atoms with van der Waals surface area (Å²) in [6.45, 7) is 1.94. The Morgan fingerprint density at radius 1 is 1.32 bits per heavy atom. The van der Waals surface area contributed by atoms with Gasteiger partial charge in [0.05, 0.1) is 17.8 Å². The van der Waals surface area contributed by atoms with Crippen LogP contribution in [0.1, 0.15) is 31.4 Å². The zero-order valence-corrected chi connectivity index (χ0v) is 14.2. The van der Waals surface area contributed by atoms with Gasteiger partial charge in [0.15, 0.2) is 0 Å². The lowest BCUT2D eigenvalue weighted by Gasteiger charge is -2.19. The number of nitrogens with two attached hydrogens (primary N) is 1. The van der Waals surface area contributed by atoms with E-state index in [4.69, 9.17) is 5.73 Å². The molecule has 7 heteroatoms. The zero-order valence-electron chi connectivity index (χ0n) is 14.2. The summed E-state index contributed by atoms with van der Waals surface area (Å²) < 4.78 is 1.51. The third kappa shape index (κ3) is 4.67. The number of hydrogen-bond acceptors (Lipinski definition) is 4. The van der Waals surface area contributed by atoms with E-state index in [2.05, 4.69) is 15.7 Å². The van der Waals surface area contributed by atoms with Crippen LogP contribution in [0, 0.1) is 5.92 Å². The fraction of sp³-hybridized carbons (Fsp3) is 0.389. The molecule has 1 saturated carbocycles. The van der Waals surface area contributed by atoms with Crippen molar-refractivity contribution in [2.75, 3.05) is 5.32 Å². The first kappa shape index (κ1) is 17.2. The first-order valence-electron chi connectivity index (χ1n) is 8.46. The molecular weight excluding hydrogens is 318 g/mol. The van der Waals surface area contributed by atoms with Gasteiger partial charge in [-0.15, -0.1) is 0 Å². The van der Waals surface area contributed by atoms with Gasteiger partial charge in [-0.3, -0.25) is 14.3 Å². The van der Waals surface area contributed by atoms with E-state index in [9.17, 15) is 9.59 Å². The molecule has 0 bridgehead atoms. The van der Waals surface area contributed by atoms with Crippen LogP contribution >= 0.6 is 0 Å². The largest absolute Gasteiger partial charge is 0.352 e. The molecule has 1 fully saturated rings. The number of hydrogen-bond donors (Lipinski definition) is 3. The Morgan fingerprint density at radius 2 is 2.04 bits per heavy atom. The molecule has 0 saturated heterocycles. The number of carbonyl (C=O) groups is 2. The number of aromatic nitrogens is 2. The predicted molar refractivity (Wildman–Crippen MR) is 94.6 cm³/mol. The highest BCUT2D eigenvalue weighted by atomic mass is 16.2. The Kier molecular flexibility index (Phi) is 5.14. The Hall–Kier alpha value is -2.67. The van der Waals surface area contributed by atoms with Crippen molar-refractivity contribution in [3.8, 4) is 0 Å². The number of nitrogens with one attached hydrogen (secondary N) is 2. The highest BCUT2D eigenvalue weighted by molar-refractivity contribution is 5.92. The topological polar surface area (TPSA) is 102 Å². The van der Waals surface area contributed by atoms with Crippen molar-refractivity contribution in [3.63, 3.8) is 0 Å².